The number of hydrogen-bond acceptors (Lipinski definition) is 4. The van der Waals surface area contributed by atoms with Gasteiger partial charge in [-0.3, -0.25) is 4.79 Å². The average molecular weight is 259 g/mol. The predicted octanol–water partition coefficient (Wildman–Crippen LogP) is 2.44. The van der Waals surface area contributed by atoms with Crippen molar-refractivity contribution >= 4 is 28.5 Å². The van der Waals surface area contributed by atoms with E-state index in [1.807, 2.05) is 30.1 Å². The molecule has 2 aliphatic rings. The molecule has 0 aromatic heterocycles. The van der Waals surface area contributed by atoms with Gasteiger partial charge in [0.25, 0.3) is 5.91 Å². The molecule has 1 atom stereocenters. The van der Waals surface area contributed by atoms with Gasteiger partial charge in [0, 0.05) is 12.1 Å². The van der Waals surface area contributed by atoms with Crippen LogP contribution >= 0.6 is 11.8 Å². The summed E-state index contributed by atoms with van der Waals surface area (Å²) in [6.45, 7) is 2.01. The summed E-state index contributed by atoms with van der Waals surface area (Å²) in [5.74, 6) is 0.364. The van der Waals surface area contributed by atoms with E-state index in [0.29, 0.717) is 5.75 Å². The Balaban J connectivity index is 1.92. The molecule has 0 fully saturated rings. The van der Waals surface area contributed by atoms with Crippen LogP contribution in [0.25, 0.3) is 0 Å². The van der Waals surface area contributed by atoms with Gasteiger partial charge in [0.05, 0.1) is 11.8 Å². The van der Waals surface area contributed by atoms with E-state index in [4.69, 9.17) is 0 Å². The first-order valence-electron chi connectivity index (χ1n) is 5.86. The maximum Gasteiger partial charge on any atom is 0.258 e. The van der Waals surface area contributed by atoms with Crippen LogP contribution in [0, 0.1) is 0 Å². The number of hydrazone groups is 1. The number of benzene rings is 1. The van der Waals surface area contributed by atoms with Crippen LogP contribution in [0.3, 0.4) is 0 Å². The number of hydrogen-bond donors (Lipinski definition) is 0. The van der Waals surface area contributed by atoms with Crippen molar-refractivity contribution in [2.24, 2.45) is 10.1 Å². The summed E-state index contributed by atoms with van der Waals surface area (Å²) in [5.41, 5.74) is 2.28. The number of amidine groups is 1. The lowest BCUT2D eigenvalue weighted by Gasteiger charge is -2.22. The molecular weight excluding hydrogens is 246 g/mol. The van der Waals surface area contributed by atoms with Gasteiger partial charge in [-0.1, -0.05) is 42.1 Å². The van der Waals surface area contributed by atoms with E-state index in [9.17, 15) is 4.79 Å². The third-order valence-corrected chi connectivity index (χ3v) is 3.92. The van der Waals surface area contributed by atoms with Crippen molar-refractivity contribution in [3.63, 3.8) is 0 Å². The summed E-state index contributed by atoms with van der Waals surface area (Å²) in [6, 6.07) is 10.4. The van der Waals surface area contributed by atoms with Crippen LogP contribution in [0.2, 0.25) is 0 Å². The van der Waals surface area contributed by atoms with Gasteiger partial charge in [0.2, 0.25) is 0 Å². The van der Waals surface area contributed by atoms with Crippen molar-refractivity contribution in [1.29, 1.82) is 0 Å². The predicted molar refractivity (Wildman–Crippen MR) is 73.6 cm³/mol. The minimum absolute atomic E-state index is 0.0680. The van der Waals surface area contributed by atoms with E-state index in [1.54, 1.807) is 0 Å². The van der Waals surface area contributed by atoms with Crippen molar-refractivity contribution in [3.05, 3.63) is 35.9 Å². The Kier molecular flexibility index (Phi) is 2.91. The SMILES string of the molecule is CC1=NN(C2=NC(=O)CS2)C(c2ccccc2)C1. The number of thioether (sulfide) groups is 1. The minimum Gasteiger partial charge on any atom is -0.272 e. The second-order valence-electron chi connectivity index (χ2n) is 4.39. The molecule has 0 aliphatic carbocycles. The molecular formula is C13H13N3OS. The second kappa shape index (κ2) is 4.57. The molecule has 1 aromatic rings. The van der Waals surface area contributed by atoms with Crippen LogP contribution in [0.4, 0.5) is 0 Å². The molecule has 0 bridgehead atoms. The zero-order valence-electron chi connectivity index (χ0n) is 10.0. The number of amides is 1. The first-order valence-corrected chi connectivity index (χ1v) is 6.85. The van der Waals surface area contributed by atoms with Gasteiger partial charge in [0.1, 0.15) is 0 Å². The van der Waals surface area contributed by atoms with E-state index in [0.717, 1.165) is 17.3 Å². The molecule has 0 saturated carbocycles. The molecule has 1 unspecified atom stereocenters. The first-order chi connectivity index (χ1) is 8.74. The molecule has 2 heterocycles. The smallest absolute Gasteiger partial charge is 0.258 e. The van der Waals surface area contributed by atoms with E-state index in [2.05, 4.69) is 22.2 Å². The van der Waals surface area contributed by atoms with Crippen molar-refractivity contribution in [1.82, 2.24) is 5.01 Å². The van der Waals surface area contributed by atoms with Crippen LogP contribution in [0.15, 0.2) is 40.4 Å². The molecule has 0 N–H and O–H groups in total. The maximum absolute atomic E-state index is 11.3. The fraction of sp³-hybridized carbons (Fsp3) is 0.308. The Morgan fingerprint density at radius 3 is 2.78 bits per heavy atom. The summed E-state index contributed by atoms with van der Waals surface area (Å²) in [5, 5.41) is 7.13. The molecule has 0 saturated heterocycles. The van der Waals surface area contributed by atoms with E-state index in [1.165, 1.54) is 17.3 Å². The molecule has 5 heteroatoms. The highest BCUT2D eigenvalue weighted by atomic mass is 32.2. The monoisotopic (exact) mass is 259 g/mol. The fourth-order valence-corrected chi connectivity index (χ4v) is 2.97. The zero-order valence-corrected chi connectivity index (χ0v) is 10.9. The van der Waals surface area contributed by atoms with Gasteiger partial charge in [-0.05, 0) is 12.5 Å². The molecule has 1 amide bonds. The third kappa shape index (κ3) is 2.06. The maximum atomic E-state index is 11.3. The zero-order chi connectivity index (χ0) is 12.5. The quantitative estimate of drug-likeness (QED) is 0.778. The molecule has 92 valence electrons. The Hall–Kier alpha value is -1.62. The topological polar surface area (TPSA) is 45.0 Å². The van der Waals surface area contributed by atoms with E-state index in [-0.39, 0.29) is 11.9 Å². The molecule has 18 heavy (non-hydrogen) atoms. The van der Waals surface area contributed by atoms with E-state index < -0.39 is 0 Å². The third-order valence-electron chi connectivity index (χ3n) is 2.99. The summed E-state index contributed by atoms with van der Waals surface area (Å²) in [4.78, 5) is 15.3. The molecule has 2 aliphatic heterocycles. The van der Waals surface area contributed by atoms with Crippen LogP contribution in [0.1, 0.15) is 24.9 Å². The summed E-state index contributed by atoms with van der Waals surface area (Å²) >= 11 is 1.47. The highest BCUT2D eigenvalue weighted by molar-refractivity contribution is 8.14. The van der Waals surface area contributed by atoms with Gasteiger partial charge in [-0.15, -0.1) is 0 Å². The Morgan fingerprint density at radius 2 is 2.11 bits per heavy atom. The number of carbonyl (C=O) groups excluding carboxylic acids is 1. The highest BCUT2D eigenvalue weighted by Gasteiger charge is 2.32. The minimum atomic E-state index is -0.0680. The van der Waals surface area contributed by atoms with Crippen LogP contribution in [-0.2, 0) is 4.79 Å². The van der Waals surface area contributed by atoms with Crippen molar-refractivity contribution < 1.29 is 4.79 Å². The molecule has 0 spiro atoms. The van der Waals surface area contributed by atoms with Crippen LogP contribution < -0.4 is 0 Å². The summed E-state index contributed by atoms with van der Waals surface area (Å²) in [7, 11) is 0. The highest BCUT2D eigenvalue weighted by Crippen LogP contribution is 2.34. The van der Waals surface area contributed by atoms with Gasteiger partial charge in [-0.2, -0.15) is 10.1 Å². The average Bonchev–Trinajstić information content (AvgIpc) is 2.96. The Bertz CT molecular complexity index is 538. The Labute approximate surface area is 110 Å². The lowest BCUT2D eigenvalue weighted by atomic mass is 10.0. The van der Waals surface area contributed by atoms with Gasteiger partial charge >= 0.3 is 0 Å². The first kappa shape index (κ1) is 11.5. The lowest BCUT2D eigenvalue weighted by molar-refractivity contribution is -0.115. The number of nitrogens with zero attached hydrogens (tertiary/aromatic N) is 3. The summed E-state index contributed by atoms with van der Waals surface area (Å²) in [6.07, 6.45) is 0.887. The Morgan fingerprint density at radius 1 is 1.33 bits per heavy atom. The van der Waals surface area contributed by atoms with Gasteiger partial charge in [0.15, 0.2) is 5.17 Å². The molecule has 3 rings (SSSR count). The molecule has 4 nitrogen and oxygen atoms in total. The summed E-state index contributed by atoms with van der Waals surface area (Å²) < 4.78 is 0. The largest absolute Gasteiger partial charge is 0.272 e. The molecule has 0 radical (unpaired) electrons. The van der Waals surface area contributed by atoms with Crippen molar-refractivity contribution in [3.8, 4) is 0 Å². The normalized spacial score (nSPS) is 23.3. The molecule has 1 aromatic carbocycles. The van der Waals surface area contributed by atoms with Crippen molar-refractivity contribution in [2.75, 3.05) is 5.75 Å². The number of aliphatic imine (C=N–C) groups is 1. The number of carbonyl (C=O) groups is 1. The van der Waals surface area contributed by atoms with Gasteiger partial charge < -0.3 is 0 Å². The fourth-order valence-electron chi connectivity index (χ4n) is 2.19. The van der Waals surface area contributed by atoms with Crippen LogP contribution in [-0.4, -0.2) is 27.5 Å². The van der Waals surface area contributed by atoms with Gasteiger partial charge in [-0.25, -0.2) is 5.01 Å². The van der Waals surface area contributed by atoms with Crippen molar-refractivity contribution in [2.45, 2.75) is 19.4 Å². The van der Waals surface area contributed by atoms with E-state index >= 15 is 0 Å². The van der Waals surface area contributed by atoms with Crippen LogP contribution in [0.5, 0.6) is 0 Å². The lowest BCUT2D eigenvalue weighted by Crippen LogP contribution is -2.23. The second-order valence-corrected chi connectivity index (χ2v) is 5.33. The number of rotatable bonds is 1. The standard InChI is InChI=1S/C13H13N3OS/c1-9-7-11(10-5-3-2-4-6-10)16(15-9)13-14-12(17)8-18-13/h2-6,11H,7-8H2,1H3.